The molecule has 1 aliphatic rings. The lowest BCUT2D eigenvalue weighted by atomic mass is 9.79. The maximum atomic E-state index is 13.2. The van der Waals surface area contributed by atoms with E-state index in [1.807, 2.05) is 6.07 Å². The van der Waals surface area contributed by atoms with E-state index >= 15 is 0 Å². The molecule has 1 aromatic carbocycles. The molecular formula is C17H26FN. The first-order valence-electron chi connectivity index (χ1n) is 7.55. The van der Waals surface area contributed by atoms with Gasteiger partial charge in [0.2, 0.25) is 0 Å². The van der Waals surface area contributed by atoms with Crippen LogP contribution in [-0.4, -0.2) is 12.1 Å². The van der Waals surface area contributed by atoms with E-state index in [0.29, 0.717) is 12.1 Å². The van der Waals surface area contributed by atoms with Crippen molar-refractivity contribution in [1.29, 1.82) is 0 Å². The van der Waals surface area contributed by atoms with E-state index in [1.165, 1.54) is 25.3 Å². The lowest BCUT2D eigenvalue weighted by Gasteiger charge is -2.34. The smallest absolute Gasteiger partial charge is 0.123 e. The number of benzene rings is 1. The van der Waals surface area contributed by atoms with Gasteiger partial charge in [-0.3, -0.25) is 0 Å². The number of hydrogen-bond donors (Lipinski definition) is 1. The normalized spacial score (nSPS) is 29.2. The van der Waals surface area contributed by atoms with Gasteiger partial charge < -0.3 is 5.32 Å². The zero-order valence-electron chi connectivity index (χ0n) is 12.3. The summed E-state index contributed by atoms with van der Waals surface area (Å²) in [7, 11) is 0. The van der Waals surface area contributed by atoms with Gasteiger partial charge >= 0.3 is 0 Å². The highest BCUT2D eigenvalue weighted by Crippen LogP contribution is 2.29. The highest BCUT2D eigenvalue weighted by atomic mass is 19.1. The molecule has 0 bridgehead atoms. The predicted molar refractivity (Wildman–Crippen MR) is 78.7 cm³/mol. The van der Waals surface area contributed by atoms with Gasteiger partial charge in [-0.05, 0) is 62.1 Å². The number of rotatable bonds is 4. The van der Waals surface area contributed by atoms with Crippen molar-refractivity contribution < 1.29 is 4.39 Å². The molecule has 0 radical (unpaired) electrons. The Morgan fingerprint density at radius 2 is 2.05 bits per heavy atom. The largest absolute Gasteiger partial charge is 0.311 e. The molecule has 1 fully saturated rings. The minimum absolute atomic E-state index is 0.134. The Labute approximate surface area is 116 Å². The van der Waals surface area contributed by atoms with E-state index in [1.54, 1.807) is 12.1 Å². The molecule has 4 atom stereocenters. The van der Waals surface area contributed by atoms with Crippen molar-refractivity contribution in [1.82, 2.24) is 5.32 Å². The summed E-state index contributed by atoms with van der Waals surface area (Å²) < 4.78 is 13.2. The molecule has 0 aromatic heterocycles. The van der Waals surface area contributed by atoms with Crippen molar-refractivity contribution in [3.8, 4) is 0 Å². The summed E-state index contributed by atoms with van der Waals surface area (Å²) in [5, 5.41) is 3.72. The molecule has 1 N–H and O–H groups in total. The highest BCUT2D eigenvalue weighted by molar-refractivity contribution is 5.17. The van der Waals surface area contributed by atoms with Crippen molar-refractivity contribution in [3.05, 3.63) is 35.6 Å². The number of hydrogen-bond acceptors (Lipinski definition) is 1. The molecule has 1 aromatic rings. The van der Waals surface area contributed by atoms with Crippen LogP contribution in [0.1, 0.15) is 45.6 Å². The van der Waals surface area contributed by atoms with Crippen molar-refractivity contribution in [2.24, 2.45) is 11.8 Å². The Bertz CT molecular complexity index is 404. The maximum Gasteiger partial charge on any atom is 0.123 e. The van der Waals surface area contributed by atoms with Gasteiger partial charge in [0.25, 0.3) is 0 Å². The lowest BCUT2D eigenvalue weighted by Crippen LogP contribution is -2.41. The van der Waals surface area contributed by atoms with Crippen LogP contribution >= 0.6 is 0 Å². The SMILES string of the molecule is CC(Cc1cccc(F)c1)NC1CCC(C)C(C)C1. The Hall–Kier alpha value is -0.890. The van der Waals surface area contributed by atoms with Gasteiger partial charge in [0.15, 0.2) is 0 Å². The lowest BCUT2D eigenvalue weighted by molar-refractivity contribution is 0.217. The van der Waals surface area contributed by atoms with Gasteiger partial charge in [-0.1, -0.05) is 26.0 Å². The molecule has 106 valence electrons. The second-order valence-corrected chi connectivity index (χ2v) is 6.37. The molecule has 0 aliphatic heterocycles. The van der Waals surface area contributed by atoms with Gasteiger partial charge in [0.05, 0.1) is 0 Å². The molecule has 0 spiro atoms. The first kappa shape index (κ1) is 14.5. The molecule has 2 rings (SSSR count). The van der Waals surface area contributed by atoms with Crippen LogP contribution in [0.25, 0.3) is 0 Å². The summed E-state index contributed by atoms with van der Waals surface area (Å²) in [4.78, 5) is 0. The van der Waals surface area contributed by atoms with Crippen molar-refractivity contribution in [2.45, 2.75) is 58.5 Å². The Balaban J connectivity index is 1.83. The maximum absolute atomic E-state index is 13.2. The summed E-state index contributed by atoms with van der Waals surface area (Å²) in [6, 6.07) is 7.99. The third-order valence-corrected chi connectivity index (χ3v) is 4.55. The molecular weight excluding hydrogens is 237 g/mol. The third-order valence-electron chi connectivity index (χ3n) is 4.55. The fraction of sp³-hybridized carbons (Fsp3) is 0.647. The van der Waals surface area contributed by atoms with Crippen molar-refractivity contribution >= 4 is 0 Å². The second-order valence-electron chi connectivity index (χ2n) is 6.37. The van der Waals surface area contributed by atoms with E-state index in [9.17, 15) is 4.39 Å². The van der Waals surface area contributed by atoms with Gasteiger partial charge in [0, 0.05) is 12.1 Å². The van der Waals surface area contributed by atoms with Crippen LogP contribution in [0.15, 0.2) is 24.3 Å². The highest BCUT2D eigenvalue weighted by Gasteiger charge is 2.25. The molecule has 1 aliphatic carbocycles. The molecule has 0 heterocycles. The summed E-state index contributed by atoms with van der Waals surface area (Å²) in [6.45, 7) is 6.92. The Kier molecular flexibility index (Phi) is 4.98. The third kappa shape index (κ3) is 4.31. The van der Waals surface area contributed by atoms with Crippen LogP contribution < -0.4 is 5.32 Å². The minimum Gasteiger partial charge on any atom is -0.311 e. The number of nitrogens with one attached hydrogen (secondary N) is 1. The number of halogens is 1. The van der Waals surface area contributed by atoms with Crippen LogP contribution in [0.2, 0.25) is 0 Å². The molecule has 2 heteroatoms. The molecule has 1 saturated carbocycles. The topological polar surface area (TPSA) is 12.0 Å². The van der Waals surface area contributed by atoms with Crippen LogP contribution in [0.3, 0.4) is 0 Å². The first-order chi connectivity index (χ1) is 9.04. The van der Waals surface area contributed by atoms with Crippen LogP contribution in [-0.2, 0) is 6.42 Å². The van der Waals surface area contributed by atoms with Gasteiger partial charge in [0.1, 0.15) is 5.82 Å². The zero-order chi connectivity index (χ0) is 13.8. The summed E-state index contributed by atoms with van der Waals surface area (Å²) in [6.07, 6.45) is 4.78. The molecule has 19 heavy (non-hydrogen) atoms. The summed E-state index contributed by atoms with van der Waals surface area (Å²) in [5.41, 5.74) is 1.08. The van der Waals surface area contributed by atoms with E-state index in [4.69, 9.17) is 0 Å². The average Bonchev–Trinajstić information content (AvgIpc) is 2.34. The van der Waals surface area contributed by atoms with Gasteiger partial charge in [-0.15, -0.1) is 0 Å². The second kappa shape index (κ2) is 6.51. The fourth-order valence-corrected chi connectivity index (χ4v) is 3.18. The quantitative estimate of drug-likeness (QED) is 0.859. The zero-order valence-corrected chi connectivity index (χ0v) is 12.3. The van der Waals surface area contributed by atoms with E-state index in [0.717, 1.165) is 23.8 Å². The molecule has 0 amide bonds. The fourth-order valence-electron chi connectivity index (χ4n) is 3.18. The van der Waals surface area contributed by atoms with E-state index in [2.05, 4.69) is 26.1 Å². The van der Waals surface area contributed by atoms with Crippen LogP contribution in [0.5, 0.6) is 0 Å². The monoisotopic (exact) mass is 263 g/mol. The van der Waals surface area contributed by atoms with Crippen LogP contribution in [0.4, 0.5) is 4.39 Å². The summed E-state index contributed by atoms with van der Waals surface area (Å²) >= 11 is 0. The Morgan fingerprint density at radius 3 is 2.74 bits per heavy atom. The first-order valence-corrected chi connectivity index (χ1v) is 7.55. The van der Waals surface area contributed by atoms with Crippen LogP contribution in [0, 0.1) is 17.7 Å². The molecule has 1 nitrogen and oxygen atoms in total. The van der Waals surface area contributed by atoms with Crippen molar-refractivity contribution in [2.75, 3.05) is 0 Å². The van der Waals surface area contributed by atoms with Crippen molar-refractivity contribution in [3.63, 3.8) is 0 Å². The molecule has 4 unspecified atom stereocenters. The van der Waals surface area contributed by atoms with Gasteiger partial charge in [-0.2, -0.15) is 0 Å². The van der Waals surface area contributed by atoms with E-state index in [-0.39, 0.29) is 5.82 Å². The van der Waals surface area contributed by atoms with Gasteiger partial charge in [-0.25, -0.2) is 4.39 Å². The Morgan fingerprint density at radius 1 is 1.26 bits per heavy atom. The standard InChI is InChI=1S/C17H26FN/c1-12-7-8-17(9-13(12)2)19-14(3)10-15-5-4-6-16(18)11-15/h4-6,11-14,17,19H,7-10H2,1-3H3. The minimum atomic E-state index is -0.134. The van der Waals surface area contributed by atoms with E-state index < -0.39 is 0 Å². The average molecular weight is 263 g/mol. The molecule has 0 saturated heterocycles. The summed E-state index contributed by atoms with van der Waals surface area (Å²) in [5.74, 6) is 1.54. The predicted octanol–water partition coefficient (Wildman–Crippen LogP) is 4.17.